The van der Waals surface area contributed by atoms with Crippen LogP contribution in [-0.2, 0) is 23.9 Å². The van der Waals surface area contributed by atoms with E-state index in [4.69, 9.17) is 14.2 Å². The molecule has 1 aromatic carbocycles. The second-order valence-electron chi connectivity index (χ2n) is 5.16. The van der Waals surface area contributed by atoms with Crippen molar-refractivity contribution in [1.82, 2.24) is 0 Å². The number of para-hydroxylation sites is 1. The van der Waals surface area contributed by atoms with Crippen molar-refractivity contribution in [3.8, 4) is 5.75 Å². The highest BCUT2D eigenvalue weighted by Gasteiger charge is 2.59. The molecule has 0 aromatic heterocycles. The normalized spacial score (nSPS) is 18.7. The van der Waals surface area contributed by atoms with Crippen LogP contribution < -0.4 is 4.74 Å². The first kappa shape index (κ1) is 16.7. The first-order valence-corrected chi connectivity index (χ1v) is 7.01. The molecular formula is C17H18O6. The van der Waals surface area contributed by atoms with Crippen molar-refractivity contribution >= 4 is 18.2 Å². The number of hydrogen-bond donors (Lipinski definition) is 0. The number of benzene rings is 1. The summed E-state index contributed by atoms with van der Waals surface area (Å²) in [6.07, 6.45) is 2.24. The Bertz CT molecular complexity index is 645. The highest BCUT2D eigenvalue weighted by Crippen LogP contribution is 2.52. The SMILES string of the molecule is COC(=O)C1(C(=O)OC)CC=C(C=O)[C@H]1c1ccccc1OC. The molecule has 0 unspecified atom stereocenters. The van der Waals surface area contributed by atoms with E-state index in [2.05, 4.69) is 0 Å². The predicted molar refractivity (Wildman–Crippen MR) is 81.0 cm³/mol. The van der Waals surface area contributed by atoms with Gasteiger partial charge < -0.3 is 14.2 Å². The zero-order chi connectivity index (χ0) is 17.0. The molecule has 1 aromatic rings. The lowest BCUT2D eigenvalue weighted by Crippen LogP contribution is -2.44. The number of carbonyl (C=O) groups is 3. The highest BCUT2D eigenvalue weighted by atomic mass is 16.5. The topological polar surface area (TPSA) is 78.9 Å². The van der Waals surface area contributed by atoms with Gasteiger partial charge in [0.1, 0.15) is 12.0 Å². The fourth-order valence-corrected chi connectivity index (χ4v) is 3.12. The molecule has 0 N–H and O–H groups in total. The van der Waals surface area contributed by atoms with Gasteiger partial charge in [0.25, 0.3) is 0 Å². The van der Waals surface area contributed by atoms with Gasteiger partial charge in [0.2, 0.25) is 0 Å². The summed E-state index contributed by atoms with van der Waals surface area (Å²) in [6.45, 7) is 0. The molecule has 0 spiro atoms. The summed E-state index contributed by atoms with van der Waals surface area (Å²) in [4.78, 5) is 36.4. The van der Waals surface area contributed by atoms with Crippen LogP contribution in [0, 0.1) is 5.41 Å². The maximum atomic E-state index is 12.5. The molecular weight excluding hydrogens is 300 g/mol. The fourth-order valence-electron chi connectivity index (χ4n) is 3.12. The Hall–Kier alpha value is -2.63. The first-order chi connectivity index (χ1) is 11.1. The predicted octanol–water partition coefficient (Wildman–Crippen LogP) is 1.64. The maximum Gasteiger partial charge on any atom is 0.324 e. The number of hydrogen-bond acceptors (Lipinski definition) is 6. The Morgan fingerprint density at radius 3 is 2.26 bits per heavy atom. The molecule has 122 valence electrons. The monoisotopic (exact) mass is 318 g/mol. The molecule has 0 fully saturated rings. The minimum atomic E-state index is -1.63. The number of esters is 2. The molecule has 6 heteroatoms. The van der Waals surface area contributed by atoms with Gasteiger partial charge in [-0.25, -0.2) is 0 Å². The Kier molecular flexibility index (Phi) is 4.83. The molecule has 0 saturated carbocycles. The number of rotatable bonds is 5. The van der Waals surface area contributed by atoms with Crippen molar-refractivity contribution < 1.29 is 28.6 Å². The minimum Gasteiger partial charge on any atom is -0.496 e. The van der Waals surface area contributed by atoms with Gasteiger partial charge in [-0.15, -0.1) is 0 Å². The number of aldehydes is 1. The highest BCUT2D eigenvalue weighted by molar-refractivity contribution is 6.04. The summed E-state index contributed by atoms with van der Waals surface area (Å²) in [5.41, 5.74) is -0.749. The van der Waals surface area contributed by atoms with Crippen LogP contribution >= 0.6 is 0 Å². The van der Waals surface area contributed by atoms with Crippen LogP contribution in [0.25, 0.3) is 0 Å². The van der Waals surface area contributed by atoms with Crippen LogP contribution in [0.1, 0.15) is 17.9 Å². The number of ether oxygens (including phenoxy) is 3. The van der Waals surface area contributed by atoms with E-state index in [1.165, 1.54) is 21.3 Å². The van der Waals surface area contributed by atoms with Crippen molar-refractivity contribution in [2.24, 2.45) is 5.41 Å². The van der Waals surface area contributed by atoms with E-state index in [0.717, 1.165) is 0 Å². The van der Waals surface area contributed by atoms with Gasteiger partial charge in [-0.3, -0.25) is 14.4 Å². The molecule has 0 bridgehead atoms. The van der Waals surface area contributed by atoms with Crippen molar-refractivity contribution in [3.05, 3.63) is 41.5 Å². The van der Waals surface area contributed by atoms with E-state index in [-0.39, 0.29) is 6.42 Å². The Labute approximate surface area is 134 Å². The smallest absolute Gasteiger partial charge is 0.324 e. The second-order valence-corrected chi connectivity index (χ2v) is 5.16. The van der Waals surface area contributed by atoms with Gasteiger partial charge in [-0.1, -0.05) is 24.3 Å². The number of carbonyl (C=O) groups excluding carboxylic acids is 3. The molecule has 0 aliphatic heterocycles. The summed E-state index contributed by atoms with van der Waals surface area (Å²) >= 11 is 0. The zero-order valence-electron chi connectivity index (χ0n) is 13.2. The molecule has 23 heavy (non-hydrogen) atoms. The van der Waals surface area contributed by atoms with E-state index < -0.39 is 23.3 Å². The van der Waals surface area contributed by atoms with Crippen molar-refractivity contribution in [3.63, 3.8) is 0 Å². The number of allylic oxidation sites excluding steroid dienone is 2. The van der Waals surface area contributed by atoms with E-state index in [1.807, 2.05) is 0 Å². The van der Waals surface area contributed by atoms with Gasteiger partial charge in [-0.05, 0) is 18.1 Å². The van der Waals surface area contributed by atoms with E-state index in [1.54, 1.807) is 30.3 Å². The summed E-state index contributed by atoms with van der Waals surface area (Å²) in [5, 5.41) is 0. The van der Waals surface area contributed by atoms with Crippen LogP contribution in [0.5, 0.6) is 5.75 Å². The van der Waals surface area contributed by atoms with Gasteiger partial charge >= 0.3 is 11.9 Å². The van der Waals surface area contributed by atoms with Gasteiger partial charge in [-0.2, -0.15) is 0 Å². The molecule has 0 radical (unpaired) electrons. The third kappa shape index (κ3) is 2.50. The fraction of sp³-hybridized carbons (Fsp3) is 0.353. The second kappa shape index (κ2) is 6.64. The summed E-state index contributed by atoms with van der Waals surface area (Å²) < 4.78 is 15.0. The number of methoxy groups -OCH3 is 3. The minimum absolute atomic E-state index is 0.0309. The van der Waals surface area contributed by atoms with Crippen molar-refractivity contribution in [1.29, 1.82) is 0 Å². The Morgan fingerprint density at radius 2 is 1.74 bits per heavy atom. The largest absolute Gasteiger partial charge is 0.496 e. The van der Waals surface area contributed by atoms with E-state index >= 15 is 0 Å². The van der Waals surface area contributed by atoms with Crippen LogP contribution in [0.2, 0.25) is 0 Å². The third-order valence-electron chi connectivity index (χ3n) is 4.17. The van der Waals surface area contributed by atoms with Crippen LogP contribution in [0.4, 0.5) is 0 Å². The van der Waals surface area contributed by atoms with Gasteiger partial charge in [0.15, 0.2) is 5.41 Å². The first-order valence-electron chi connectivity index (χ1n) is 7.01. The average molecular weight is 318 g/mol. The molecule has 0 amide bonds. The van der Waals surface area contributed by atoms with Crippen LogP contribution in [0.15, 0.2) is 35.9 Å². The quantitative estimate of drug-likeness (QED) is 0.466. The summed E-state index contributed by atoms with van der Waals surface area (Å²) in [5.74, 6) is -1.83. The molecule has 6 nitrogen and oxygen atoms in total. The van der Waals surface area contributed by atoms with Gasteiger partial charge in [0, 0.05) is 11.5 Å². The van der Waals surface area contributed by atoms with Crippen LogP contribution in [-0.4, -0.2) is 39.6 Å². The summed E-state index contributed by atoms with van der Waals surface area (Å²) in [6, 6.07) is 6.93. The molecule has 1 atom stereocenters. The van der Waals surface area contributed by atoms with E-state index in [0.29, 0.717) is 23.2 Å². The lowest BCUT2D eigenvalue weighted by molar-refractivity contribution is -0.169. The molecule has 0 heterocycles. The lowest BCUT2D eigenvalue weighted by atomic mass is 9.71. The molecule has 1 aliphatic rings. The molecule has 2 rings (SSSR count). The third-order valence-corrected chi connectivity index (χ3v) is 4.17. The zero-order valence-corrected chi connectivity index (χ0v) is 13.2. The molecule has 0 saturated heterocycles. The summed E-state index contributed by atoms with van der Waals surface area (Å²) in [7, 11) is 3.88. The van der Waals surface area contributed by atoms with Crippen molar-refractivity contribution in [2.75, 3.05) is 21.3 Å². The lowest BCUT2D eigenvalue weighted by Gasteiger charge is -2.31. The molecule has 1 aliphatic carbocycles. The van der Waals surface area contributed by atoms with Crippen LogP contribution in [0.3, 0.4) is 0 Å². The van der Waals surface area contributed by atoms with Gasteiger partial charge in [0.05, 0.1) is 21.3 Å². The van der Waals surface area contributed by atoms with E-state index in [9.17, 15) is 14.4 Å². The standard InChI is InChI=1S/C17H18O6/c1-21-13-7-5-4-6-12(13)14-11(10-18)8-9-17(14,15(19)22-2)16(20)23-3/h4-8,10,14H,9H2,1-3H3/t14-/m0/s1. The Balaban J connectivity index is 2.70. The Morgan fingerprint density at radius 1 is 1.13 bits per heavy atom. The maximum absolute atomic E-state index is 12.5. The van der Waals surface area contributed by atoms with Crippen molar-refractivity contribution in [2.45, 2.75) is 12.3 Å². The average Bonchev–Trinajstić information content (AvgIpc) is 3.00.